The minimum Gasteiger partial charge on any atom is -0.465 e. The lowest BCUT2D eigenvalue weighted by molar-refractivity contribution is -0.170. The number of carbonyl (C=O) groups is 2. The Hall–Kier alpha value is -2.54. The van der Waals surface area contributed by atoms with E-state index in [4.69, 9.17) is 33.2 Å². The summed E-state index contributed by atoms with van der Waals surface area (Å²) in [4.78, 5) is 27.4. The zero-order chi connectivity index (χ0) is 28.6. The maximum absolute atomic E-state index is 13.8. The molecule has 11 heteroatoms. The molecule has 2 aliphatic heterocycles. The van der Waals surface area contributed by atoms with Gasteiger partial charge in [0.25, 0.3) is 5.91 Å². The Bertz CT molecular complexity index is 906. The highest BCUT2D eigenvalue weighted by atomic mass is 16.7. The molecular weight excluding hydrogens is 522 g/mol. The maximum atomic E-state index is 13.8. The summed E-state index contributed by atoms with van der Waals surface area (Å²) in [6.45, 7) is 6.39. The zero-order valence-corrected chi connectivity index (χ0v) is 23.6. The summed E-state index contributed by atoms with van der Waals surface area (Å²) in [5.41, 5.74) is 1.34. The lowest BCUT2D eigenvalue weighted by Gasteiger charge is -2.38. The Labute approximate surface area is 236 Å². The quantitative estimate of drug-likeness (QED) is 0.469. The van der Waals surface area contributed by atoms with Crippen molar-refractivity contribution in [2.24, 2.45) is 5.92 Å². The van der Waals surface area contributed by atoms with Crippen LogP contribution in [0.5, 0.6) is 0 Å². The van der Waals surface area contributed by atoms with Crippen LogP contribution in [0.25, 0.3) is 0 Å². The first-order valence-corrected chi connectivity index (χ1v) is 14.0. The van der Waals surface area contributed by atoms with Gasteiger partial charge in [0.15, 0.2) is 5.76 Å². The molecule has 2 aliphatic rings. The Kier molecular flexibility index (Phi) is 14.4. The maximum Gasteiger partial charge on any atom is 0.337 e. The van der Waals surface area contributed by atoms with Gasteiger partial charge in [-0.25, -0.2) is 4.79 Å². The van der Waals surface area contributed by atoms with E-state index in [1.807, 2.05) is 25.1 Å². The summed E-state index contributed by atoms with van der Waals surface area (Å²) in [7, 11) is 1.34. The van der Waals surface area contributed by atoms with Crippen molar-refractivity contribution in [3.63, 3.8) is 0 Å². The van der Waals surface area contributed by atoms with Gasteiger partial charge >= 0.3 is 5.97 Å². The number of hydrogen-bond acceptors (Lipinski definition) is 10. The van der Waals surface area contributed by atoms with Gasteiger partial charge in [0, 0.05) is 38.1 Å². The summed E-state index contributed by atoms with van der Waals surface area (Å²) < 4.78 is 39.3. The second kappa shape index (κ2) is 18.0. The van der Waals surface area contributed by atoms with Gasteiger partial charge in [0.1, 0.15) is 0 Å². The highest BCUT2D eigenvalue weighted by molar-refractivity contribution is 5.92. The van der Waals surface area contributed by atoms with Crippen molar-refractivity contribution in [3.8, 4) is 0 Å². The highest BCUT2D eigenvalue weighted by Crippen LogP contribution is 2.39. The van der Waals surface area contributed by atoms with Gasteiger partial charge in [-0.1, -0.05) is 12.1 Å². The predicted molar refractivity (Wildman–Crippen MR) is 145 cm³/mol. The van der Waals surface area contributed by atoms with Crippen LogP contribution in [0.4, 0.5) is 0 Å². The molecule has 0 unspecified atom stereocenters. The van der Waals surface area contributed by atoms with Crippen LogP contribution in [-0.2, 0) is 38.0 Å². The molecule has 1 N–H and O–H groups in total. The van der Waals surface area contributed by atoms with Crippen LogP contribution in [-0.4, -0.2) is 114 Å². The molecule has 0 spiro atoms. The van der Waals surface area contributed by atoms with E-state index in [1.165, 1.54) is 7.11 Å². The van der Waals surface area contributed by atoms with Crippen molar-refractivity contribution in [2.75, 3.05) is 86.3 Å². The molecule has 1 fully saturated rings. The number of ether oxygens (including phenoxy) is 7. The molecule has 0 saturated carbocycles. The number of allylic oxidation sites excluding steroid dienone is 1. The van der Waals surface area contributed by atoms with Crippen LogP contribution in [0.15, 0.2) is 36.1 Å². The smallest absolute Gasteiger partial charge is 0.337 e. The molecule has 2 heterocycles. The number of aliphatic hydroxyl groups excluding tert-OH is 1. The topological polar surface area (TPSA) is 122 Å². The second-order valence-corrected chi connectivity index (χ2v) is 9.38. The molecule has 40 heavy (non-hydrogen) atoms. The van der Waals surface area contributed by atoms with E-state index >= 15 is 0 Å². The predicted octanol–water partition coefficient (Wildman–Crippen LogP) is 2.13. The van der Waals surface area contributed by atoms with Crippen LogP contribution >= 0.6 is 0 Å². The molecule has 0 bridgehead atoms. The van der Waals surface area contributed by atoms with Crippen molar-refractivity contribution in [2.45, 2.75) is 32.0 Å². The van der Waals surface area contributed by atoms with Crippen molar-refractivity contribution in [1.29, 1.82) is 0 Å². The Morgan fingerprint density at radius 3 is 2.02 bits per heavy atom. The Balaban J connectivity index is 1.85. The summed E-state index contributed by atoms with van der Waals surface area (Å²) in [6.07, 6.45) is 2.32. The first-order chi connectivity index (χ1) is 19.6. The fourth-order valence-electron chi connectivity index (χ4n) is 4.68. The Morgan fingerprint density at radius 2 is 1.50 bits per heavy atom. The van der Waals surface area contributed by atoms with Gasteiger partial charge in [0.2, 0.25) is 6.29 Å². The zero-order valence-electron chi connectivity index (χ0n) is 23.6. The van der Waals surface area contributed by atoms with Gasteiger partial charge in [-0.3, -0.25) is 4.79 Å². The third-order valence-electron chi connectivity index (χ3n) is 6.75. The van der Waals surface area contributed by atoms with E-state index in [9.17, 15) is 14.7 Å². The fourth-order valence-corrected chi connectivity index (χ4v) is 4.68. The first kappa shape index (κ1) is 32.0. The third kappa shape index (κ3) is 9.83. The van der Waals surface area contributed by atoms with Crippen LogP contribution < -0.4 is 0 Å². The van der Waals surface area contributed by atoms with E-state index in [0.29, 0.717) is 91.0 Å². The highest BCUT2D eigenvalue weighted by Gasteiger charge is 2.38. The number of amides is 1. The SMILES string of the molecule is CCO[C@@H]1OC(C(=O)N2CCOCCOCCOCCOCC2)=C[C@H](c2ccc(C(=O)OC)cc2)[C@@H]1CCCO. The van der Waals surface area contributed by atoms with E-state index < -0.39 is 12.3 Å². The molecule has 0 aliphatic carbocycles. The monoisotopic (exact) mass is 565 g/mol. The largest absolute Gasteiger partial charge is 0.465 e. The normalized spacial score (nSPS) is 23.7. The molecule has 11 nitrogen and oxygen atoms in total. The van der Waals surface area contributed by atoms with Crippen LogP contribution in [0.1, 0.15) is 41.6 Å². The summed E-state index contributed by atoms with van der Waals surface area (Å²) in [5, 5.41) is 9.54. The summed E-state index contributed by atoms with van der Waals surface area (Å²) in [6, 6.07) is 7.12. The molecule has 0 aromatic heterocycles. The Morgan fingerprint density at radius 1 is 0.925 bits per heavy atom. The molecule has 1 aromatic rings. The van der Waals surface area contributed by atoms with E-state index in [-0.39, 0.29) is 30.1 Å². The third-order valence-corrected chi connectivity index (χ3v) is 6.75. The van der Waals surface area contributed by atoms with Crippen LogP contribution in [0.2, 0.25) is 0 Å². The average Bonchev–Trinajstić information content (AvgIpc) is 2.99. The van der Waals surface area contributed by atoms with Crippen molar-refractivity contribution in [1.82, 2.24) is 4.90 Å². The number of aliphatic hydroxyl groups is 1. The van der Waals surface area contributed by atoms with Gasteiger partial charge in [-0.2, -0.15) is 0 Å². The molecule has 1 aromatic carbocycles. The first-order valence-electron chi connectivity index (χ1n) is 14.0. The van der Waals surface area contributed by atoms with Gasteiger partial charge in [0.05, 0.1) is 65.5 Å². The van der Waals surface area contributed by atoms with Crippen molar-refractivity contribution < 1.29 is 47.9 Å². The number of nitrogens with zero attached hydrogens (tertiary/aromatic N) is 1. The van der Waals surface area contributed by atoms with E-state index in [1.54, 1.807) is 17.0 Å². The minimum absolute atomic E-state index is 0.0305. The van der Waals surface area contributed by atoms with Gasteiger partial charge in [-0.15, -0.1) is 0 Å². The molecule has 3 atom stereocenters. The standard InChI is InChI=1S/C29H43NO10/c1-3-39-29-24(5-4-12-31)25(22-6-8-23(9-7-22)28(33)34-2)21-26(40-29)27(32)30-10-13-35-15-17-37-19-20-38-18-16-36-14-11-30/h6-9,21,24-25,29,31H,3-5,10-20H2,1-2H3/t24-,25+,29+/m0/s1. The second-order valence-electron chi connectivity index (χ2n) is 9.38. The lowest BCUT2D eigenvalue weighted by Crippen LogP contribution is -2.42. The molecule has 224 valence electrons. The van der Waals surface area contributed by atoms with Crippen LogP contribution in [0, 0.1) is 5.92 Å². The fraction of sp³-hybridized carbons (Fsp3) is 0.655. The van der Waals surface area contributed by atoms with Crippen molar-refractivity contribution in [3.05, 3.63) is 47.2 Å². The molecule has 1 amide bonds. The molecule has 3 rings (SSSR count). The molecular formula is C29H43NO10. The number of esters is 1. The molecule has 1 saturated heterocycles. The van der Waals surface area contributed by atoms with Crippen LogP contribution in [0.3, 0.4) is 0 Å². The lowest BCUT2D eigenvalue weighted by atomic mass is 9.80. The molecule has 0 radical (unpaired) electrons. The number of benzene rings is 1. The minimum atomic E-state index is -0.684. The van der Waals surface area contributed by atoms with Crippen molar-refractivity contribution >= 4 is 11.9 Å². The summed E-state index contributed by atoms with van der Waals surface area (Å²) in [5.74, 6) is -0.917. The number of carbonyl (C=O) groups excluding carboxylic acids is 2. The number of methoxy groups -OCH3 is 1. The summed E-state index contributed by atoms with van der Waals surface area (Å²) >= 11 is 0. The number of hydrogen-bond donors (Lipinski definition) is 1. The average molecular weight is 566 g/mol. The van der Waals surface area contributed by atoms with E-state index in [0.717, 1.165) is 5.56 Å². The van der Waals surface area contributed by atoms with E-state index in [2.05, 4.69) is 0 Å². The number of rotatable bonds is 8. The van der Waals surface area contributed by atoms with Gasteiger partial charge < -0.3 is 43.2 Å². The van der Waals surface area contributed by atoms with Gasteiger partial charge in [-0.05, 0) is 43.5 Å².